The van der Waals surface area contributed by atoms with Crippen LogP contribution in [0.15, 0.2) is 0 Å². The maximum Gasteiger partial charge on any atom is 0.168 e. The molecule has 3 rings (SSSR count). The van der Waals surface area contributed by atoms with Gasteiger partial charge in [0.25, 0.3) is 0 Å². The van der Waals surface area contributed by atoms with E-state index in [0.29, 0.717) is 6.04 Å². The first kappa shape index (κ1) is 9.30. The van der Waals surface area contributed by atoms with Crippen LogP contribution >= 0.6 is 0 Å². The second-order valence-electron chi connectivity index (χ2n) is 4.53. The molecule has 2 atom stereocenters. The smallest absolute Gasteiger partial charge is 0.168 e. The Hall–Kier alpha value is -0.940. The lowest BCUT2D eigenvalue weighted by molar-refractivity contribution is 0.170. The van der Waals surface area contributed by atoms with E-state index in [-0.39, 0.29) is 0 Å². The van der Waals surface area contributed by atoms with Crippen molar-refractivity contribution < 1.29 is 0 Å². The van der Waals surface area contributed by atoms with Gasteiger partial charge in [0.15, 0.2) is 5.82 Å². The van der Waals surface area contributed by atoms with Gasteiger partial charge in [0, 0.05) is 19.1 Å². The third-order valence-corrected chi connectivity index (χ3v) is 3.44. The Balaban J connectivity index is 1.73. The van der Waals surface area contributed by atoms with Gasteiger partial charge in [-0.25, -0.2) is 4.98 Å². The standard InChI is InChI=1S/C10H17N5/c1-7-12-10(14-13-7)9-6-15-4-2-3-8(15)5-11-9/h8-9,11H,2-6H2,1H3,(H,12,13,14). The average molecular weight is 207 g/mol. The second-order valence-corrected chi connectivity index (χ2v) is 4.53. The summed E-state index contributed by atoms with van der Waals surface area (Å²) in [6, 6.07) is 1.06. The molecule has 5 nitrogen and oxygen atoms in total. The van der Waals surface area contributed by atoms with E-state index in [1.54, 1.807) is 0 Å². The van der Waals surface area contributed by atoms with E-state index in [9.17, 15) is 0 Å². The summed E-state index contributed by atoms with van der Waals surface area (Å²) in [5.74, 6) is 1.81. The molecule has 1 aromatic heterocycles. The van der Waals surface area contributed by atoms with Crippen LogP contribution in [-0.2, 0) is 0 Å². The number of aryl methyl sites for hydroxylation is 1. The van der Waals surface area contributed by atoms with Crippen molar-refractivity contribution in [1.29, 1.82) is 0 Å². The summed E-state index contributed by atoms with van der Waals surface area (Å²) in [6.45, 7) is 5.32. The molecule has 5 heteroatoms. The molecule has 0 radical (unpaired) electrons. The number of rotatable bonds is 1. The van der Waals surface area contributed by atoms with E-state index in [1.807, 2.05) is 6.92 Å². The zero-order valence-corrected chi connectivity index (χ0v) is 9.03. The van der Waals surface area contributed by atoms with Crippen LogP contribution in [0.1, 0.15) is 30.5 Å². The monoisotopic (exact) mass is 207 g/mol. The molecule has 2 unspecified atom stereocenters. The second kappa shape index (κ2) is 3.57. The van der Waals surface area contributed by atoms with Gasteiger partial charge in [-0.1, -0.05) is 0 Å². The number of nitrogens with one attached hydrogen (secondary N) is 2. The van der Waals surface area contributed by atoms with Gasteiger partial charge in [0.05, 0.1) is 6.04 Å². The molecule has 2 saturated heterocycles. The maximum absolute atomic E-state index is 4.39. The zero-order valence-electron chi connectivity index (χ0n) is 9.03. The number of fused-ring (bicyclic) bond motifs is 1. The first-order valence-corrected chi connectivity index (χ1v) is 5.69. The van der Waals surface area contributed by atoms with Gasteiger partial charge in [-0.2, -0.15) is 5.10 Å². The SMILES string of the molecule is Cc1nc(C2CN3CCCC3CN2)n[nH]1. The van der Waals surface area contributed by atoms with Crippen LogP contribution in [0.25, 0.3) is 0 Å². The lowest BCUT2D eigenvalue weighted by atomic mass is 10.1. The fourth-order valence-electron chi connectivity index (χ4n) is 2.63. The Morgan fingerprint density at radius 2 is 2.40 bits per heavy atom. The predicted molar refractivity (Wildman–Crippen MR) is 56.5 cm³/mol. The van der Waals surface area contributed by atoms with Crippen molar-refractivity contribution in [3.05, 3.63) is 11.6 Å². The van der Waals surface area contributed by atoms with Crippen molar-refractivity contribution in [2.24, 2.45) is 0 Å². The van der Waals surface area contributed by atoms with Crippen molar-refractivity contribution in [2.45, 2.75) is 31.8 Å². The summed E-state index contributed by atoms with van der Waals surface area (Å²) in [5, 5.41) is 10.7. The van der Waals surface area contributed by atoms with Crippen LogP contribution in [0.4, 0.5) is 0 Å². The molecular formula is C10H17N5. The first-order valence-electron chi connectivity index (χ1n) is 5.69. The summed E-state index contributed by atoms with van der Waals surface area (Å²) < 4.78 is 0. The van der Waals surface area contributed by atoms with Gasteiger partial charge < -0.3 is 5.32 Å². The quantitative estimate of drug-likeness (QED) is 0.692. The summed E-state index contributed by atoms with van der Waals surface area (Å²) in [6.07, 6.45) is 2.68. The van der Waals surface area contributed by atoms with E-state index >= 15 is 0 Å². The van der Waals surface area contributed by atoms with Crippen LogP contribution in [0.5, 0.6) is 0 Å². The molecule has 2 N–H and O–H groups in total. The van der Waals surface area contributed by atoms with Crippen LogP contribution in [-0.4, -0.2) is 45.8 Å². The Kier molecular flexibility index (Phi) is 2.21. The highest BCUT2D eigenvalue weighted by Crippen LogP contribution is 2.24. The number of hydrogen-bond donors (Lipinski definition) is 2. The highest BCUT2D eigenvalue weighted by Gasteiger charge is 2.33. The fourth-order valence-corrected chi connectivity index (χ4v) is 2.63. The summed E-state index contributed by atoms with van der Waals surface area (Å²) in [4.78, 5) is 6.96. The third kappa shape index (κ3) is 1.66. The highest BCUT2D eigenvalue weighted by atomic mass is 15.3. The fraction of sp³-hybridized carbons (Fsp3) is 0.800. The number of H-pyrrole nitrogens is 1. The van der Waals surface area contributed by atoms with E-state index < -0.39 is 0 Å². The molecule has 82 valence electrons. The Bertz CT molecular complexity index is 347. The largest absolute Gasteiger partial charge is 0.305 e. The van der Waals surface area contributed by atoms with Crippen molar-refractivity contribution in [3.8, 4) is 0 Å². The Morgan fingerprint density at radius 3 is 3.20 bits per heavy atom. The molecule has 0 aliphatic carbocycles. The molecule has 3 heterocycles. The number of aromatic nitrogens is 3. The minimum Gasteiger partial charge on any atom is -0.305 e. The van der Waals surface area contributed by atoms with Gasteiger partial charge in [0.1, 0.15) is 5.82 Å². The minimum absolute atomic E-state index is 0.310. The molecule has 15 heavy (non-hydrogen) atoms. The van der Waals surface area contributed by atoms with E-state index in [2.05, 4.69) is 25.4 Å². The molecule has 0 aromatic carbocycles. The molecule has 2 aliphatic rings. The van der Waals surface area contributed by atoms with Gasteiger partial charge in [-0.3, -0.25) is 10.00 Å². The number of hydrogen-bond acceptors (Lipinski definition) is 4. The van der Waals surface area contributed by atoms with Crippen LogP contribution in [0.2, 0.25) is 0 Å². The lowest BCUT2D eigenvalue weighted by Crippen LogP contribution is -2.49. The number of piperazine rings is 1. The summed E-state index contributed by atoms with van der Waals surface area (Å²) in [5.41, 5.74) is 0. The zero-order chi connectivity index (χ0) is 10.3. The van der Waals surface area contributed by atoms with E-state index in [0.717, 1.165) is 30.8 Å². The van der Waals surface area contributed by atoms with Gasteiger partial charge in [-0.15, -0.1) is 0 Å². The molecule has 0 amide bonds. The van der Waals surface area contributed by atoms with E-state index in [1.165, 1.54) is 19.4 Å². The van der Waals surface area contributed by atoms with Crippen LogP contribution in [0, 0.1) is 6.92 Å². The van der Waals surface area contributed by atoms with Crippen LogP contribution in [0.3, 0.4) is 0 Å². The average Bonchev–Trinajstić information content (AvgIpc) is 2.84. The molecule has 0 saturated carbocycles. The normalized spacial score (nSPS) is 31.8. The van der Waals surface area contributed by atoms with Gasteiger partial charge >= 0.3 is 0 Å². The predicted octanol–water partition coefficient (Wildman–Crippen LogP) is 0.222. The minimum atomic E-state index is 0.310. The summed E-state index contributed by atoms with van der Waals surface area (Å²) in [7, 11) is 0. The lowest BCUT2D eigenvalue weighted by Gasteiger charge is -2.34. The number of nitrogens with zero attached hydrogens (tertiary/aromatic N) is 3. The Labute approximate surface area is 89.3 Å². The molecule has 2 fully saturated rings. The van der Waals surface area contributed by atoms with E-state index in [4.69, 9.17) is 0 Å². The van der Waals surface area contributed by atoms with Crippen molar-refractivity contribution >= 4 is 0 Å². The third-order valence-electron chi connectivity index (χ3n) is 3.44. The molecule has 1 aromatic rings. The first-order chi connectivity index (χ1) is 7.33. The maximum atomic E-state index is 4.39. The number of aromatic amines is 1. The van der Waals surface area contributed by atoms with Crippen LogP contribution < -0.4 is 5.32 Å². The van der Waals surface area contributed by atoms with Crippen molar-refractivity contribution in [1.82, 2.24) is 25.4 Å². The van der Waals surface area contributed by atoms with Crippen molar-refractivity contribution in [3.63, 3.8) is 0 Å². The van der Waals surface area contributed by atoms with Gasteiger partial charge in [0.2, 0.25) is 0 Å². The topological polar surface area (TPSA) is 56.8 Å². The molecule has 2 aliphatic heterocycles. The highest BCUT2D eigenvalue weighted by molar-refractivity contribution is 5.01. The molecule has 0 spiro atoms. The molecule has 0 bridgehead atoms. The summed E-state index contributed by atoms with van der Waals surface area (Å²) >= 11 is 0. The van der Waals surface area contributed by atoms with Gasteiger partial charge in [-0.05, 0) is 26.3 Å². The molecular weight excluding hydrogens is 190 g/mol. The Morgan fingerprint density at radius 1 is 1.47 bits per heavy atom. The van der Waals surface area contributed by atoms with Crippen molar-refractivity contribution in [2.75, 3.05) is 19.6 Å².